The molecule has 0 radical (unpaired) electrons. The van der Waals surface area contributed by atoms with E-state index in [0.29, 0.717) is 10.6 Å². The maximum Gasteiger partial charge on any atom is 0.326 e. The smallest absolute Gasteiger partial charge is 0.326 e. The summed E-state index contributed by atoms with van der Waals surface area (Å²) >= 11 is 5.94. The maximum atomic E-state index is 11.7. The number of nitriles is 1. The first-order valence-electron chi connectivity index (χ1n) is 5.20. The molecule has 0 aliphatic rings. The summed E-state index contributed by atoms with van der Waals surface area (Å²) in [5, 5.41) is 9.57. The molecule has 0 aliphatic carbocycles. The Balaban J connectivity index is 2.94. The minimum atomic E-state index is -1.22. The van der Waals surface area contributed by atoms with Gasteiger partial charge >= 0.3 is 5.97 Å². The number of hydrogen-bond donors (Lipinski definition) is 0. The second kappa shape index (κ2) is 5.65. The number of ether oxygens (including phenoxy) is 1. The third-order valence-electron chi connectivity index (χ3n) is 2.37. The first-order chi connectivity index (χ1) is 8.03. The van der Waals surface area contributed by atoms with Gasteiger partial charge in [0.05, 0.1) is 17.7 Å². The van der Waals surface area contributed by atoms with Crippen molar-refractivity contribution in [1.82, 2.24) is 4.98 Å². The van der Waals surface area contributed by atoms with Crippen LogP contribution >= 0.6 is 11.6 Å². The molecule has 0 bridgehead atoms. The van der Waals surface area contributed by atoms with Gasteiger partial charge in [-0.1, -0.05) is 11.6 Å². The summed E-state index contributed by atoms with van der Waals surface area (Å²) in [5.74, 6) is -0.532. The van der Waals surface area contributed by atoms with Crippen molar-refractivity contribution in [3.8, 4) is 6.07 Å². The van der Waals surface area contributed by atoms with Gasteiger partial charge in [0.2, 0.25) is 0 Å². The van der Waals surface area contributed by atoms with E-state index in [9.17, 15) is 4.79 Å². The minimum Gasteiger partial charge on any atom is -0.465 e. The summed E-state index contributed by atoms with van der Waals surface area (Å²) < 4.78 is 4.89. The fourth-order valence-corrected chi connectivity index (χ4v) is 1.56. The molecular formula is C12H13ClN2O2. The second-order valence-corrected chi connectivity index (χ2v) is 4.22. The van der Waals surface area contributed by atoms with Crippen molar-refractivity contribution in [3.05, 3.63) is 29.0 Å². The van der Waals surface area contributed by atoms with Crippen molar-refractivity contribution in [2.75, 3.05) is 6.61 Å². The summed E-state index contributed by atoms with van der Waals surface area (Å²) in [6, 6.07) is 3.68. The standard InChI is InChI=1S/C12H13ClN2O2/c1-3-17-11(16)12(2,8-14)6-9-4-5-15-7-10(9)13/h4-5,7H,3,6H2,1-2H3. The molecule has 0 saturated heterocycles. The van der Waals surface area contributed by atoms with E-state index in [-0.39, 0.29) is 13.0 Å². The van der Waals surface area contributed by atoms with Gasteiger partial charge in [0, 0.05) is 18.8 Å². The SMILES string of the molecule is CCOC(=O)C(C)(C#N)Cc1ccncc1Cl. The van der Waals surface area contributed by atoms with E-state index in [1.807, 2.05) is 6.07 Å². The number of rotatable bonds is 4. The van der Waals surface area contributed by atoms with E-state index in [0.717, 1.165) is 0 Å². The van der Waals surface area contributed by atoms with Crippen molar-refractivity contribution >= 4 is 17.6 Å². The van der Waals surface area contributed by atoms with E-state index in [1.54, 1.807) is 26.1 Å². The third-order valence-corrected chi connectivity index (χ3v) is 2.71. The number of nitrogens with zero attached hydrogens (tertiary/aromatic N) is 2. The van der Waals surface area contributed by atoms with Crippen LogP contribution in [0.1, 0.15) is 19.4 Å². The van der Waals surface area contributed by atoms with Crippen molar-refractivity contribution in [1.29, 1.82) is 5.26 Å². The van der Waals surface area contributed by atoms with Gasteiger partial charge in [-0.05, 0) is 25.5 Å². The molecule has 0 fully saturated rings. The quantitative estimate of drug-likeness (QED) is 0.772. The van der Waals surface area contributed by atoms with Gasteiger partial charge in [-0.3, -0.25) is 9.78 Å². The zero-order valence-electron chi connectivity index (χ0n) is 9.74. The Bertz CT molecular complexity index is 456. The lowest BCUT2D eigenvalue weighted by Crippen LogP contribution is -2.30. The van der Waals surface area contributed by atoms with E-state index >= 15 is 0 Å². The predicted octanol–water partition coefficient (Wildman–Crippen LogP) is 2.37. The number of esters is 1. The molecule has 1 heterocycles. The van der Waals surface area contributed by atoms with E-state index in [2.05, 4.69) is 4.98 Å². The normalized spacial score (nSPS) is 13.5. The van der Waals surface area contributed by atoms with Crippen LogP contribution in [0.15, 0.2) is 18.5 Å². The summed E-state index contributed by atoms with van der Waals surface area (Å²) in [6.45, 7) is 3.50. The number of hydrogen-bond acceptors (Lipinski definition) is 4. The Morgan fingerprint density at radius 1 is 1.71 bits per heavy atom. The van der Waals surface area contributed by atoms with Gasteiger partial charge in [-0.2, -0.15) is 5.26 Å². The van der Waals surface area contributed by atoms with Crippen LogP contribution in [0, 0.1) is 16.7 Å². The van der Waals surface area contributed by atoms with Crippen molar-refractivity contribution < 1.29 is 9.53 Å². The zero-order valence-corrected chi connectivity index (χ0v) is 10.5. The number of pyridine rings is 1. The molecule has 4 nitrogen and oxygen atoms in total. The molecule has 1 aromatic rings. The van der Waals surface area contributed by atoms with Crippen LogP contribution in [0.2, 0.25) is 5.02 Å². The molecule has 0 spiro atoms. The lowest BCUT2D eigenvalue weighted by Gasteiger charge is -2.19. The Labute approximate surface area is 105 Å². The average molecular weight is 253 g/mol. The van der Waals surface area contributed by atoms with E-state index in [1.165, 1.54) is 6.20 Å². The first kappa shape index (κ1) is 13.5. The summed E-state index contributed by atoms with van der Waals surface area (Å²) in [6.07, 6.45) is 3.27. The van der Waals surface area contributed by atoms with Crippen LogP contribution < -0.4 is 0 Å². The minimum absolute atomic E-state index is 0.212. The highest BCUT2D eigenvalue weighted by Gasteiger charge is 2.35. The Kier molecular flexibility index (Phi) is 4.47. The topological polar surface area (TPSA) is 63.0 Å². The monoisotopic (exact) mass is 252 g/mol. The summed E-state index contributed by atoms with van der Waals surface area (Å²) in [7, 11) is 0. The van der Waals surface area contributed by atoms with Gasteiger partial charge in [0.15, 0.2) is 5.41 Å². The number of carbonyl (C=O) groups excluding carboxylic acids is 1. The van der Waals surface area contributed by atoms with Gasteiger partial charge in [-0.25, -0.2) is 0 Å². The van der Waals surface area contributed by atoms with Gasteiger partial charge < -0.3 is 4.74 Å². The highest BCUT2D eigenvalue weighted by molar-refractivity contribution is 6.31. The molecule has 5 heteroatoms. The Hall–Kier alpha value is -1.60. The van der Waals surface area contributed by atoms with Crippen LogP contribution in [0.3, 0.4) is 0 Å². The molecule has 1 atom stereocenters. The van der Waals surface area contributed by atoms with Crippen LogP contribution in [0.25, 0.3) is 0 Å². The molecular weight excluding hydrogens is 240 g/mol. The van der Waals surface area contributed by atoms with Crippen LogP contribution in [0.4, 0.5) is 0 Å². The molecule has 90 valence electrons. The highest BCUT2D eigenvalue weighted by Crippen LogP contribution is 2.27. The van der Waals surface area contributed by atoms with Gasteiger partial charge in [0.1, 0.15) is 0 Å². The molecule has 1 aromatic heterocycles. The lowest BCUT2D eigenvalue weighted by molar-refractivity contribution is -0.151. The molecule has 0 amide bonds. The zero-order chi connectivity index (χ0) is 12.9. The lowest BCUT2D eigenvalue weighted by atomic mass is 9.85. The fourth-order valence-electron chi connectivity index (χ4n) is 1.38. The fraction of sp³-hybridized carbons (Fsp3) is 0.417. The van der Waals surface area contributed by atoms with Crippen LogP contribution in [0.5, 0.6) is 0 Å². The molecule has 0 aromatic carbocycles. The van der Waals surface area contributed by atoms with Crippen molar-refractivity contribution in [3.63, 3.8) is 0 Å². The van der Waals surface area contributed by atoms with Crippen molar-refractivity contribution in [2.24, 2.45) is 5.41 Å². The maximum absolute atomic E-state index is 11.7. The molecule has 1 unspecified atom stereocenters. The first-order valence-corrected chi connectivity index (χ1v) is 5.58. The molecule has 0 N–H and O–H groups in total. The highest BCUT2D eigenvalue weighted by atomic mass is 35.5. The van der Waals surface area contributed by atoms with Crippen molar-refractivity contribution in [2.45, 2.75) is 20.3 Å². The van der Waals surface area contributed by atoms with E-state index < -0.39 is 11.4 Å². The molecule has 0 saturated carbocycles. The largest absolute Gasteiger partial charge is 0.465 e. The summed E-state index contributed by atoms with van der Waals surface area (Å²) in [4.78, 5) is 15.6. The summed E-state index contributed by atoms with van der Waals surface area (Å²) in [5.41, 5.74) is -0.514. The second-order valence-electron chi connectivity index (χ2n) is 3.81. The average Bonchev–Trinajstić information content (AvgIpc) is 2.32. The third kappa shape index (κ3) is 3.18. The van der Waals surface area contributed by atoms with Crippen LogP contribution in [-0.4, -0.2) is 17.6 Å². The number of aromatic nitrogens is 1. The van der Waals surface area contributed by atoms with Gasteiger partial charge in [0.25, 0.3) is 0 Å². The molecule has 1 rings (SSSR count). The number of halogens is 1. The predicted molar refractivity (Wildman–Crippen MR) is 63.3 cm³/mol. The van der Waals surface area contributed by atoms with Crippen LogP contribution in [-0.2, 0) is 16.0 Å². The Morgan fingerprint density at radius 3 is 2.94 bits per heavy atom. The number of carbonyl (C=O) groups is 1. The molecule has 17 heavy (non-hydrogen) atoms. The van der Waals surface area contributed by atoms with E-state index in [4.69, 9.17) is 21.6 Å². The Morgan fingerprint density at radius 2 is 2.41 bits per heavy atom. The van der Waals surface area contributed by atoms with Gasteiger partial charge in [-0.15, -0.1) is 0 Å². The molecule has 0 aliphatic heterocycles.